The number of nitrogens with two attached hydrogens (primary N) is 2. The van der Waals surface area contributed by atoms with Gasteiger partial charge >= 0.3 is 5.97 Å². The van der Waals surface area contributed by atoms with Crippen LogP contribution in [0.3, 0.4) is 0 Å². The van der Waals surface area contributed by atoms with Gasteiger partial charge in [0, 0.05) is 6.42 Å². The van der Waals surface area contributed by atoms with E-state index in [1.165, 1.54) is 18.7 Å². The third-order valence-electron chi connectivity index (χ3n) is 3.80. The number of carbonyl (C=O) groups is 5. The molecule has 0 bridgehead atoms. The predicted octanol–water partition coefficient (Wildman–Crippen LogP) is -3.12. The Labute approximate surface area is 172 Å². The van der Waals surface area contributed by atoms with E-state index in [1.54, 1.807) is 6.26 Å². The maximum absolute atomic E-state index is 12.4. The summed E-state index contributed by atoms with van der Waals surface area (Å²) in [7, 11) is 0. The first-order valence-corrected chi connectivity index (χ1v) is 10.2. The average molecular weight is 436 g/mol. The third-order valence-corrected chi connectivity index (χ3v) is 4.45. The van der Waals surface area contributed by atoms with E-state index in [9.17, 15) is 34.2 Å². The molecule has 0 aromatic heterocycles. The largest absolute Gasteiger partial charge is 0.480 e. The molecule has 0 spiro atoms. The lowest BCUT2D eigenvalue weighted by molar-refractivity contribution is -0.142. The highest BCUT2D eigenvalue weighted by Crippen LogP contribution is 2.04. The van der Waals surface area contributed by atoms with Crippen LogP contribution in [-0.4, -0.2) is 82.6 Å². The Morgan fingerprint density at radius 2 is 1.66 bits per heavy atom. The minimum Gasteiger partial charge on any atom is -0.480 e. The standard InChI is InChI=1S/C16H29N5O7S/c1-8(22)13(18)15(26)19-7-12(24)20-9(3-4-11(17)23)14(25)21-10(16(27)28)5-6-29-2/h8-10,13,22H,3-7,18H2,1-2H3,(H2,17,23)(H,19,26)(H,20,24)(H,21,25)(H,27,28). The molecule has 9 N–H and O–H groups in total. The van der Waals surface area contributed by atoms with E-state index in [4.69, 9.17) is 11.5 Å². The number of thioether (sulfide) groups is 1. The Hall–Kier alpha value is -2.38. The van der Waals surface area contributed by atoms with E-state index in [0.717, 1.165) is 0 Å². The van der Waals surface area contributed by atoms with Gasteiger partial charge < -0.3 is 37.6 Å². The molecule has 0 radical (unpaired) electrons. The second-order valence-corrected chi connectivity index (χ2v) is 7.28. The van der Waals surface area contributed by atoms with Crippen molar-refractivity contribution in [1.82, 2.24) is 16.0 Å². The molecule has 0 heterocycles. The molecule has 0 aromatic rings. The van der Waals surface area contributed by atoms with Crippen LogP contribution in [0.1, 0.15) is 26.2 Å². The van der Waals surface area contributed by atoms with E-state index in [0.29, 0.717) is 5.75 Å². The zero-order valence-electron chi connectivity index (χ0n) is 16.3. The van der Waals surface area contributed by atoms with Gasteiger partial charge in [0.15, 0.2) is 0 Å². The topological polar surface area (TPSA) is 214 Å². The van der Waals surface area contributed by atoms with Gasteiger partial charge in [-0.15, -0.1) is 0 Å². The summed E-state index contributed by atoms with van der Waals surface area (Å²) in [4.78, 5) is 58.4. The molecule has 4 atom stereocenters. The van der Waals surface area contributed by atoms with Crippen LogP contribution in [0.4, 0.5) is 0 Å². The fourth-order valence-corrected chi connectivity index (χ4v) is 2.54. The Kier molecular flexibility index (Phi) is 12.6. The average Bonchev–Trinajstić information content (AvgIpc) is 2.64. The Morgan fingerprint density at radius 1 is 1.03 bits per heavy atom. The van der Waals surface area contributed by atoms with Gasteiger partial charge in [-0.05, 0) is 31.8 Å². The van der Waals surface area contributed by atoms with Crippen LogP contribution in [-0.2, 0) is 24.0 Å². The van der Waals surface area contributed by atoms with Crippen molar-refractivity contribution in [2.24, 2.45) is 11.5 Å². The number of amides is 4. The summed E-state index contributed by atoms with van der Waals surface area (Å²) in [5.41, 5.74) is 10.5. The van der Waals surface area contributed by atoms with Gasteiger partial charge in [0.2, 0.25) is 23.6 Å². The SMILES string of the molecule is CSCCC(NC(=O)C(CCC(N)=O)NC(=O)CNC(=O)C(N)C(C)O)C(=O)O. The first kappa shape index (κ1) is 26.6. The van der Waals surface area contributed by atoms with Gasteiger partial charge in [-0.25, -0.2) is 4.79 Å². The molecule has 13 heteroatoms. The lowest BCUT2D eigenvalue weighted by atomic mass is 10.1. The summed E-state index contributed by atoms with van der Waals surface area (Å²) >= 11 is 1.41. The van der Waals surface area contributed by atoms with E-state index in [-0.39, 0.29) is 19.3 Å². The zero-order valence-corrected chi connectivity index (χ0v) is 17.2. The molecule has 4 unspecified atom stereocenters. The third kappa shape index (κ3) is 11.3. The number of hydrogen-bond acceptors (Lipinski definition) is 8. The van der Waals surface area contributed by atoms with Crippen LogP contribution in [0.5, 0.6) is 0 Å². The van der Waals surface area contributed by atoms with E-state index >= 15 is 0 Å². The summed E-state index contributed by atoms with van der Waals surface area (Å²) in [6, 6.07) is -3.62. The minimum absolute atomic E-state index is 0.150. The number of primary amides is 1. The molecule has 0 saturated heterocycles. The van der Waals surface area contributed by atoms with Crippen LogP contribution in [0.2, 0.25) is 0 Å². The van der Waals surface area contributed by atoms with E-state index < -0.39 is 60.4 Å². The van der Waals surface area contributed by atoms with Crippen LogP contribution < -0.4 is 27.4 Å². The highest BCUT2D eigenvalue weighted by atomic mass is 32.2. The summed E-state index contributed by atoms with van der Waals surface area (Å²) < 4.78 is 0. The Morgan fingerprint density at radius 3 is 2.14 bits per heavy atom. The molecule has 0 rings (SSSR count). The number of aliphatic carboxylic acids is 1. The number of carboxylic acids is 1. The van der Waals surface area contributed by atoms with Gasteiger partial charge in [0.1, 0.15) is 18.1 Å². The summed E-state index contributed by atoms with van der Waals surface area (Å²) in [6.07, 6.45) is 0.463. The van der Waals surface area contributed by atoms with Gasteiger partial charge in [0.05, 0.1) is 12.6 Å². The van der Waals surface area contributed by atoms with Crippen molar-refractivity contribution in [2.45, 2.75) is 50.4 Å². The van der Waals surface area contributed by atoms with Gasteiger partial charge in [-0.2, -0.15) is 11.8 Å². The zero-order chi connectivity index (χ0) is 22.6. The van der Waals surface area contributed by atoms with Gasteiger partial charge in [-0.1, -0.05) is 0 Å². The molecule has 12 nitrogen and oxygen atoms in total. The highest BCUT2D eigenvalue weighted by Gasteiger charge is 2.27. The lowest BCUT2D eigenvalue weighted by Crippen LogP contribution is -2.54. The van der Waals surface area contributed by atoms with Crippen molar-refractivity contribution < 1.29 is 34.2 Å². The number of aliphatic hydroxyl groups excluding tert-OH is 1. The number of hydrogen-bond donors (Lipinski definition) is 7. The molecular weight excluding hydrogens is 406 g/mol. The number of carboxylic acid groups (broad SMARTS) is 1. The molecule has 166 valence electrons. The van der Waals surface area contributed by atoms with Crippen molar-refractivity contribution in [3.05, 3.63) is 0 Å². The Bertz CT molecular complexity index is 602. The minimum atomic E-state index is -1.23. The van der Waals surface area contributed by atoms with E-state index in [2.05, 4.69) is 16.0 Å². The fraction of sp³-hybridized carbons (Fsp3) is 0.688. The first-order chi connectivity index (χ1) is 13.5. The molecule has 0 fully saturated rings. The molecular formula is C16H29N5O7S. The second-order valence-electron chi connectivity index (χ2n) is 6.29. The van der Waals surface area contributed by atoms with Crippen LogP contribution >= 0.6 is 11.8 Å². The molecule has 4 amide bonds. The summed E-state index contributed by atoms with van der Waals surface area (Å²) in [5, 5.41) is 25.3. The highest BCUT2D eigenvalue weighted by molar-refractivity contribution is 7.98. The lowest BCUT2D eigenvalue weighted by Gasteiger charge is -2.21. The van der Waals surface area contributed by atoms with Gasteiger partial charge in [-0.3, -0.25) is 19.2 Å². The maximum atomic E-state index is 12.4. The van der Waals surface area contributed by atoms with Crippen molar-refractivity contribution in [1.29, 1.82) is 0 Å². The van der Waals surface area contributed by atoms with Crippen molar-refractivity contribution in [3.8, 4) is 0 Å². The van der Waals surface area contributed by atoms with Crippen molar-refractivity contribution in [2.75, 3.05) is 18.6 Å². The molecule has 0 saturated carbocycles. The summed E-state index contributed by atoms with van der Waals surface area (Å²) in [6.45, 7) is 0.777. The molecule has 0 aliphatic rings. The Balaban J connectivity index is 4.95. The van der Waals surface area contributed by atoms with Gasteiger partial charge in [0.25, 0.3) is 0 Å². The molecule has 0 aliphatic heterocycles. The van der Waals surface area contributed by atoms with E-state index in [1.807, 2.05) is 0 Å². The van der Waals surface area contributed by atoms with Crippen molar-refractivity contribution in [3.63, 3.8) is 0 Å². The maximum Gasteiger partial charge on any atom is 0.326 e. The van der Waals surface area contributed by atoms with Crippen LogP contribution in [0, 0.1) is 0 Å². The van der Waals surface area contributed by atoms with Crippen LogP contribution in [0.15, 0.2) is 0 Å². The first-order valence-electron chi connectivity index (χ1n) is 8.80. The number of aliphatic hydroxyl groups is 1. The molecule has 0 aliphatic carbocycles. The quantitative estimate of drug-likeness (QED) is 0.147. The second kappa shape index (κ2) is 13.7. The number of rotatable bonds is 14. The normalized spacial score (nSPS) is 14.8. The number of nitrogens with one attached hydrogen (secondary N) is 3. The monoisotopic (exact) mass is 435 g/mol. The van der Waals surface area contributed by atoms with Crippen molar-refractivity contribution >= 4 is 41.4 Å². The fourth-order valence-electron chi connectivity index (χ4n) is 2.07. The smallest absolute Gasteiger partial charge is 0.326 e. The summed E-state index contributed by atoms with van der Waals surface area (Å²) in [5.74, 6) is -3.77. The molecule has 29 heavy (non-hydrogen) atoms. The number of carbonyl (C=O) groups excluding carboxylic acids is 4. The predicted molar refractivity (Wildman–Crippen MR) is 106 cm³/mol. The van der Waals surface area contributed by atoms with Crippen LogP contribution in [0.25, 0.3) is 0 Å². The molecule has 0 aromatic carbocycles.